The maximum Gasteiger partial charge on any atom is 0.262 e. The molecule has 4 rings (SSSR count). The van der Waals surface area contributed by atoms with Crippen LogP contribution in [0.1, 0.15) is 21.5 Å². The van der Waals surface area contributed by atoms with Crippen LogP contribution < -0.4 is 10.1 Å². The van der Waals surface area contributed by atoms with E-state index in [2.05, 4.69) is 15.3 Å². The van der Waals surface area contributed by atoms with Gasteiger partial charge >= 0.3 is 0 Å². The summed E-state index contributed by atoms with van der Waals surface area (Å²) < 4.78 is 32.9. The summed E-state index contributed by atoms with van der Waals surface area (Å²) in [4.78, 5) is 20.6. The van der Waals surface area contributed by atoms with Gasteiger partial charge in [-0.1, -0.05) is 6.07 Å². The molecule has 3 aromatic rings. The van der Waals surface area contributed by atoms with Crippen LogP contribution in [0.5, 0.6) is 5.75 Å². The van der Waals surface area contributed by atoms with Crippen molar-refractivity contribution < 1.29 is 18.3 Å². The molecule has 0 unspecified atom stereocenters. The number of hydrogen-bond acceptors (Lipinski definition) is 4. The number of aryl methyl sites for hydroxylation is 1. The second-order valence-electron chi connectivity index (χ2n) is 6.21. The van der Waals surface area contributed by atoms with Crippen LogP contribution >= 0.6 is 0 Å². The zero-order valence-corrected chi connectivity index (χ0v) is 14.4. The topological polar surface area (TPSA) is 64.1 Å². The molecule has 2 heterocycles. The number of ether oxygens (including phenoxy) is 1. The summed E-state index contributed by atoms with van der Waals surface area (Å²) >= 11 is 0. The Bertz CT molecular complexity index is 1020. The minimum absolute atomic E-state index is 0.105. The highest BCUT2D eigenvalue weighted by molar-refractivity contribution is 6.04. The van der Waals surface area contributed by atoms with Crippen LogP contribution in [-0.4, -0.2) is 22.5 Å². The quantitative estimate of drug-likeness (QED) is 0.762. The molecule has 1 amide bonds. The number of nitrogens with one attached hydrogen (secondary N) is 1. The Labute approximate surface area is 154 Å². The summed E-state index contributed by atoms with van der Waals surface area (Å²) in [5.74, 6) is -1.80. The monoisotopic (exact) mass is 367 g/mol. The molecular weight excluding hydrogens is 352 g/mol. The second kappa shape index (κ2) is 6.75. The van der Waals surface area contributed by atoms with Crippen molar-refractivity contribution in [2.45, 2.75) is 13.3 Å². The molecule has 0 aliphatic carbocycles. The van der Waals surface area contributed by atoms with Gasteiger partial charge in [0, 0.05) is 12.0 Å². The number of carbonyl (C=O) groups is 1. The Morgan fingerprint density at radius 3 is 2.63 bits per heavy atom. The van der Waals surface area contributed by atoms with Crippen LogP contribution in [0.4, 0.5) is 14.6 Å². The highest BCUT2D eigenvalue weighted by atomic mass is 19.1. The largest absolute Gasteiger partial charge is 0.493 e. The van der Waals surface area contributed by atoms with Crippen molar-refractivity contribution in [3.8, 4) is 17.0 Å². The molecule has 0 atom stereocenters. The first-order valence-electron chi connectivity index (χ1n) is 8.37. The summed E-state index contributed by atoms with van der Waals surface area (Å²) in [5, 5.41) is 2.36. The minimum Gasteiger partial charge on any atom is -0.493 e. The fourth-order valence-corrected chi connectivity index (χ4v) is 3.03. The maximum atomic E-state index is 13.7. The molecule has 0 radical (unpaired) electrons. The molecule has 1 N–H and O–H groups in total. The molecule has 1 aromatic heterocycles. The van der Waals surface area contributed by atoms with E-state index in [1.54, 1.807) is 0 Å². The van der Waals surface area contributed by atoms with E-state index in [1.807, 2.05) is 19.1 Å². The van der Waals surface area contributed by atoms with Gasteiger partial charge in [-0.15, -0.1) is 0 Å². The molecule has 0 bridgehead atoms. The van der Waals surface area contributed by atoms with Gasteiger partial charge in [-0.05, 0) is 42.3 Å². The molecular formula is C20H15F2N3O2. The third-order valence-corrected chi connectivity index (χ3v) is 4.40. The first-order valence-corrected chi connectivity index (χ1v) is 8.37. The lowest BCUT2D eigenvalue weighted by molar-refractivity contribution is 0.101. The number of fused-ring (bicyclic) bond motifs is 1. The minimum atomic E-state index is -0.937. The van der Waals surface area contributed by atoms with Crippen LogP contribution in [0.15, 0.2) is 42.7 Å². The van der Waals surface area contributed by atoms with E-state index in [0.29, 0.717) is 12.3 Å². The molecule has 27 heavy (non-hydrogen) atoms. The summed E-state index contributed by atoms with van der Waals surface area (Å²) in [6.07, 6.45) is 3.71. The molecule has 1 aliphatic heterocycles. The summed E-state index contributed by atoms with van der Waals surface area (Å²) in [5.41, 5.74) is 3.01. The normalized spacial score (nSPS) is 12.4. The van der Waals surface area contributed by atoms with Crippen LogP contribution in [-0.2, 0) is 6.42 Å². The number of rotatable bonds is 3. The average Bonchev–Trinajstić information content (AvgIpc) is 3.09. The van der Waals surface area contributed by atoms with E-state index < -0.39 is 23.1 Å². The molecule has 0 saturated carbocycles. The molecule has 1 aliphatic rings. The first kappa shape index (κ1) is 17.1. The fraction of sp³-hybridized carbons (Fsp3) is 0.150. The SMILES string of the molecule is Cc1cc2c(cc1-c1cnc(NC(=O)c3c(F)cccc3F)cn1)CCO2. The predicted octanol–water partition coefficient (Wildman–Crippen LogP) is 3.92. The lowest BCUT2D eigenvalue weighted by atomic mass is 10.0. The van der Waals surface area contributed by atoms with Crippen molar-refractivity contribution >= 4 is 11.7 Å². The number of hydrogen-bond donors (Lipinski definition) is 1. The number of nitrogens with zero attached hydrogens (tertiary/aromatic N) is 2. The number of carbonyl (C=O) groups excluding carboxylic acids is 1. The van der Waals surface area contributed by atoms with E-state index in [-0.39, 0.29) is 5.82 Å². The summed E-state index contributed by atoms with van der Waals surface area (Å²) in [6, 6.07) is 7.23. The van der Waals surface area contributed by atoms with Crippen LogP contribution in [0.3, 0.4) is 0 Å². The lowest BCUT2D eigenvalue weighted by Gasteiger charge is -2.09. The van der Waals surface area contributed by atoms with Gasteiger partial charge < -0.3 is 10.1 Å². The number of benzene rings is 2. The number of anilines is 1. The zero-order chi connectivity index (χ0) is 19.0. The van der Waals surface area contributed by atoms with Gasteiger partial charge in [0.15, 0.2) is 5.82 Å². The second-order valence-corrected chi connectivity index (χ2v) is 6.21. The van der Waals surface area contributed by atoms with Gasteiger partial charge in [0.1, 0.15) is 22.9 Å². The fourth-order valence-electron chi connectivity index (χ4n) is 3.03. The Kier molecular flexibility index (Phi) is 4.27. The number of halogens is 2. The Morgan fingerprint density at radius 2 is 1.93 bits per heavy atom. The Balaban J connectivity index is 1.57. The van der Waals surface area contributed by atoms with Crippen molar-refractivity contribution in [1.29, 1.82) is 0 Å². The van der Waals surface area contributed by atoms with E-state index >= 15 is 0 Å². The third-order valence-electron chi connectivity index (χ3n) is 4.40. The molecule has 2 aromatic carbocycles. The van der Waals surface area contributed by atoms with Crippen molar-refractivity contribution in [3.63, 3.8) is 0 Å². The maximum absolute atomic E-state index is 13.7. The van der Waals surface area contributed by atoms with E-state index in [4.69, 9.17) is 4.74 Å². The van der Waals surface area contributed by atoms with E-state index in [9.17, 15) is 13.6 Å². The van der Waals surface area contributed by atoms with Gasteiger partial charge in [0.25, 0.3) is 5.91 Å². The number of aromatic nitrogens is 2. The van der Waals surface area contributed by atoms with Gasteiger partial charge in [0.05, 0.1) is 24.7 Å². The molecule has 7 heteroatoms. The van der Waals surface area contributed by atoms with Crippen molar-refractivity contribution in [1.82, 2.24) is 9.97 Å². The van der Waals surface area contributed by atoms with Crippen LogP contribution in [0, 0.1) is 18.6 Å². The van der Waals surface area contributed by atoms with Crippen molar-refractivity contribution in [3.05, 3.63) is 71.1 Å². The van der Waals surface area contributed by atoms with Gasteiger partial charge in [-0.3, -0.25) is 9.78 Å². The smallest absolute Gasteiger partial charge is 0.262 e. The van der Waals surface area contributed by atoms with Crippen LogP contribution in [0.2, 0.25) is 0 Å². The predicted molar refractivity (Wildman–Crippen MR) is 95.7 cm³/mol. The molecule has 0 saturated heterocycles. The van der Waals surface area contributed by atoms with Gasteiger partial charge in [-0.2, -0.15) is 0 Å². The van der Waals surface area contributed by atoms with Crippen LogP contribution in [0.25, 0.3) is 11.3 Å². The Hall–Kier alpha value is -3.35. The first-order chi connectivity index (χ1) is 13.0. The molecule has 0 fully saturated rings. The summed E-state index contributed by atoms with van der Waals surface area (Å²) in [6.45, 7) is 2.62. The van der Waals surface area contributed by atoms with Gasteiger partial charge in [-0.25, -0.2) is 13.8 Å². The summed E-state index contributed by atoms with van der Waals surface area (Å²) in [7, 11) is 0. The molecule has 0 spiro atoms. The van der Waals surface area contributed by atoms with E-state index in [1.165, 1.54) is 18.5 Å². The molecule has 136 valence electrons. The lowest BCUT2D eigenvalue weighted by Crippen LogP contribution is -2.16. The average molecular weight is 367 g/mol. The standard InChI is InChI=1S/C20H15F2N3O2/c1-11-7-17-12(5-6-27-17)8-13(11)16-9-24-18(10-23-16)25-20(26)19-14(21)3-2-4-15(19)22/h2-4,7-10H,5-6H2,1H3,(H,24,25,26). The Morgan fingerprint density at radius 1 is 1.15 bits per heavy atom. The van der Waals surface area contributed by atoms with E-state index in [0.717, 1.165) is 41.0 Å². The van der Waals surface area contributed by atoms with Gasteiger partial charge in [0.2, 0.25) is 0 Å². The number of amides is 1. The molecule has 5 nitrogen and oxygen atoms in total. The highest BCUT2D eigenvalue weighted by Crippen LogP contribution is 2.32. The zero-order valence-electron chi connectivity index (χ0n) is 14.4. The van der Waals surface area contributed by atoms with Crippen molar-refractivity contribution in [2.24, 2.45) is 0 Å². The van der Waals surface area contributed by atoms with Crippen molar-refractivity contribution in [2.75, 3.05) is 11.9 Å². The third kappa shape index (κ3) is 3.23. The highest BCUT2D eigenvalue weighted by Gasteiger charge is 2.18.